The quantitative estimate of drug-likeness (QED) is 0.181. The minimum atomic E-state index is 0.476. The Morgan fingerprint density at radius 1 is 0.480 bits per heavy atom. The fourth-order valence-corrected chi connectivity index (χ4v) is 7.45. The summed E-state index contributed by atoms with van der Waals surface area (Å²) in [6.07, 6.45) is 0. The standard InChI is InChI=1S/C45H25N5/c1-48-33-21-23-43-39(26-33)38-15-4-7-18-42(38)50(43)44-19-9-11-31(27-46)45(44)35-22-20-30(24-32(35)28-47)29-10-8-12-34(25-29)49-40-16-5-2-13-36(40)37-14-3-6-17-41(37)49/h2-26H. The first-order chi connectivity index (χ1) is 24.7. The van der Waals surface area contributed by atoms with Crippen LogP contribution in [0.4, 0.5) is 5.69 Å². The molecule has 0 fully saturated rings. The van der Waals surface area contributed by atoms with Crippen LogP contribution in [0.15, 0.2) is 152 Å². The van der Waals surface area contributed by atoms with Crippen molar-refractivity contribution in [2.75, 3.05) is 0 Å². The molecule has 0 radical (unpaired) electrons. The number of hydrogen-bond donors (Lipinski definition) is 0. The molecular weight excluding hydrogens is 611 g/mol. The normalized spacial score (nSPS) is 11.1. The molecule has 0 aliphatic carbocycles. The molecule has 0 amide bonds. The van der Waals surface area contributed by atoms with E-state index in [0.29, 0.717) is 27.9 Å². The van der Waals surface area contributed by atoms with Crippen molar-refractivity contribution in [2.45, 2.75) is 0 Å². The highest BCUT2D eigenvalue weighted by Gasteiger charge is 2.21. The third kappa shape index (κ3) is 4.31. The van der Waals surface area contributed by atoms with Gasteiger partial charge in [0.1, 0.15) is 0 Å². The second kappa shape index (κ2) is 11.4. The van der Waals surface area contributed by atoms with Crippen LogP contribution >= 0.6 is 0 Å². The van der Waals surface area contributed by atoms with Crippen molar-refractivity contribution in [3.63, 3.8) is 0 Å². The molecule has 0 atom stereocenters. The Morgan fingerprint density at radius 3 is 1.76 bits per heavy atom. The molecule has 0 spiro atoms. The lowest BCUT2D eigenvalue weighted by molar-refractivity contribution is 1.18. The first-order valence-corrected chi connectivity index (χ1v) is 16.3. The number of fused-ring (bicyclic) bond motifs is 6. The lowest BCUT2D eigenvalue weighted by Crippen LogP contribution is -2.01. The van der Waals surface area contributed by atoms with Crippen LogP contribution in [0.3, 0.4) is 0 Å². The summed E-state index contributed by atoms with van der Waals surface area (Å²) >= 11 is 0. The monoisotopic (exact) mass is 635 g/mol. The predicted molar refractivity (Wildman–Crippen MR) is 202 cm³/mol. The minimum absolute atomic E-state index is 0.476. The van der Waals surface area contributed by atoms with E-state index in [-0.39, 0.29) is 0 Å². The van der Waals surface area contributed by atoms with Crippen molar-refractivity contribution in [1.82, 2.24) is 9.13 Å². The minimum Gasteiger partial charge on any atom is -0.309 e. The largest absolute Gasteiger partial charge is 0.309 e. The van der Waals surface area contributed by atoms with Gasteiger partial charge in [-0.05, 0) is 77.2 Å². The Hall–Kier alpha value is -7.39. The molecule has 50 heavy (non-hydrogen) atoms. The van der Waals surface area contributed by atoms with Crippen molar-refractivity contribution < 1.29 is 0 Å². The summed E-state index contributed by atoms with van der Waals surface area (Å²) in [5.41, 5.74) is 10.8. The summed E-state index contributed by atoms with van der Waals surface area (Å²) in [5, 5.41) is 25.4. The molecule has 0 N–H and O–H groups in total. The number of aromatic nitrogens is 2. The lowest BCUT2D eigenvalue weighted by atomic mass is 9.91. The van der Waals surface area contributed by atoms with Gasteiger partial charge in [0, 0.05) is 33.0 Å². The van der Waals surface area contributed by atoms with Crippen LogP contribution < -0.4 is 0 Å². The van der Waals surface area contributed by atoms with Crippen LogP contribution in [0.5, 0.6) is 0 Å². The van der Waals surface area contributed by atoms with Crippen molar-refractivity contribution in [2.24, 2.45) is 0 Å². The van der Waals surface area contributed by atoms with Gasteiger partial charge in [0.25, 0.3) is 0 Å². The van der Waals surface area contributed by atoms with Gasteiger partial charge in [-0.1, -0.05) is 91.0 Å². The van der Waals surface area contributed by atoms with Crippen LogP contribution in [-0.2, 0) is 0 Å². The Balaban J connectivity index is 1.22. The van der Waals surface area contributed by atoms with E-state index in [1.165, 1.54) is 10.8 Å². The third-order valence-corrected chi connectivity index (χ3v) is 9.62. The van der Waals surface area contributed by atoms with Gasteiger partial charge in [0.2, 0.25) is 0 Å². The zero-order valence-corrected chi connectivity index (χ0v) is 26.7. The predicted octanol–water partition coefficient (Wildman–Crippen LogP) is 11.5. The maximum absolute atomic E-state index is 10.6. The summed E-state index contributed by atoms with van der Waals surface area (Å²) in [6.45, 7) is 7.58. The molecule has 0 saturated heterocycles. The van der Waals surface area contributed by atoms with E-state index in [2.05, 4.69) is 105 Å². The van der Waals surface area contributed by atoms with Crippen molar-refractivity contribution in [1.29, 1.82) is 10.5 Å². The molecule has 0 aliphatic rings. The molecule has 230 valence electrons. The Bertz CT molecular complexity index is 2920. The number of nitriles is 2. The third-order valence-electron chi connectivity index (χ3n) is 9.62. The van der Waals surface area contributed by atoms with E-state index >= 15 is 0 Å². The van der Waals surface area contributed by atoms with Gasteiger partial charge in [-0.25, -0.2) is 4.85 Å². The number of rotatable bonds is 4. The molecule has 0 unspecified atom stereocenters. The first kappa shape index (κ1) is 28.8. The SMILES string of the molecule is [C-]#[N+]c1ccc2c(c1)c1ccccc1n2-c1cccc(C#N)c1-c1ccc(-c2cccc(-n3c4ccccc4c4ccccc43)c2)cc1C#N. The van der Waals surface area contributed by atoms with E-state index in [9.17, 15) is 10.5 Å². The molecule has 9 rings (SSSR count). The van der Waals surface area contributed by atoms with E-state index in [4.69, 9.17) is 6.57 Å². The van der Waals surface area contributed by atoms with Crippen LogP contribution in [0.25, 0.3) is 82.1 Å². The maximum Gasteiger partial charge on any atom is 0.188 e. The summed E-state index contributed by atoms with van der Waals surface area (Å²) in [5.74, 6) is 0. The van der Waals surface area contributed by atoms with Gasteiger partial charge < -0.3 is 9.13 Å². The summed E-state index contributed by atoms with van der Waals surface area (Å²) < 4.78 is 4.43. The van der Waals surface area contributed by atoms with Crippen molar-refractivity contribution in [3.05, 3.63) is 174 Å². The highest BCUT2D eigenvalue weighted by molar-refractivity contribution is 6.11. The molecule has 0 bridgehead atoms. The van der Waals surface area contributed by atoms with Gasteiger partial charge in [-0.2, -0.15) is 10.5 Å². The lowest BCUT2D eigenvalue weighted by Gasteiger charge is -2.17. The Kier molecular flexibility index (Phi) is 6.56. The highest BCUT2D eigenvalue weighted by atomic mass is 15.0. The van der Waals surface area contributed by atoms with E-state index in [1.807, 2.05) is 66.7 Å². The van der Waals surface area contributed by atoms with Gasteiger partial charge in [-0.15, -0.1) is 0 Å². The zero-order chi connectivity index (χ0) is 33.8. The van der Waals surface area contributed by atoms with E-state index in [0.717, 1.165) is 55.3 Å². The molecule has 9 aromatic rings. The zero-order valence-electron chi connectivity index (χ0n) is 26.7. The van der Waals surface area contributed by atoms with Crippen LogP contribution in [0.2, 0.25) is 0 Å². The summed E-state index contributed by atoms with van der Waals surface area (Å²) in [6, 6.07) is 55.5. The smallest absolute Gasteiger partial charge is 0.188 e. The summed E-state index contributed by atoms with van der Waals surface area (Å²) in [7, 11) is 0. The number of hydrogen-bond acceptors (Lipinski definition) is 2. The topological polar surface area (TPSA) is 61.8 Å². The second-order valence-electron chi connectivity index (χ2n) is 12.3. The van der Waals surface area contributed by atoms with Gasteiger partial charge in [0.05, 0.1) is 57.6 Å². The molecule has 5 heteroatoms. The van der Waals surface area contributed by atoms with Crippen molar-refractivity contribution >= 4 is 49.3 Å². The molecule has 2 aromatic heterocycles. The van der Waals surface area contributed by atoms with Gasteiger partial charge in [0.15, 0.2) is 5.69 Å². The number of benzene rings is 7. The molecule has 0 saturated carbocycles. The molecule has 7 aromatic carbocycles. The van der Waals surface area contributed by atoms with E-state index < -0.39 is 0 Å². The van der Waals surface area contributed by atoms with Crippen LogP contribution in [0, 0.1) is 29.2 Å². The average molecular weight is 636 g/mol. The number of nitrogens with zero attached hydrogens (tertiary/aromatic N) is 5. The number of para-hydroxylation sites is 3. The van der Waals surface area contributed by atoms with Crippen LogP contribution in [-0.4, -0.2) is 9.13 Å². The fourth-order valence-electron chi connectivity index (χ4n) is 7.45. The molecule has 2 heterocycles. The Labute approximate surface area is 288 Å². The second-order valence-corrected chi connectivity index (χ2v) is 12.3. The summed E-state index contributed by atoms with van der Waals surface area (Å²) in [4.78, 5) is 3.66. The first-order valence-electron chi connectivity index (χ1n) is 16.3. The Morgan fingerprint density at radius 2 is 1.08 bits per heavy atom. The maximum atomic E-state index is 10.6. The van der Waals surface area contributed by atoms with Crippen LogP contribution in [0.1, 0.15) is 11.1 Å². The van der Waals surface area contributed by atoms with E-state index in [1.54, 1.807) is 6.07 Å². The average Bonchev–Trinajstić information content (AvgIpc) is 3.70. The fraction of sp³-hybridized carbons (Fsp3) is 0. The molecular formula is C45H25N5. The van der Waals surface area contributed by atoms with Gasteiger partial charge >= 0.3 is 0 Å². The molecule has 5 nitrogen and oxygen atoms in total. The van der Waals surface area contributed by atoms with Gasteiger partial charge in [-0.3, -0.25) is 0 Å². The molecule has 0 aliphatic heterocycles. The highest BCUT2D eigenvalue weighted by Crippen LogP contribution is 2.41. The van der Waals surface area contributed by atoms with Crippen molar-refractivity contribution in [3.8, 4) is 45.8 Å².